The number of ether oxygens (including phenoxy) is 1. The summed E-state index contributed by atoms with van der Waals surface area (Å²) in [7, 11) is 0. The van der Waals surface area contributed by atoms with Gasteiger partial charge in [-0.15, -0.1) is 11.8 Å². The number of hydrogen-bond acceptors (Lipinski definition) is 6. The molecule has 4 aliphatic heterocycles. The van der Waals surface area contributed by atoms with Gasteiger partial charge in [-0.25, -0.2) is 0 Å². The number of carbonyl (C=O) groups is 3. The summed E-state index contributed by atoms with van der Waals surface area (Å²) in [5, 5.41) is 12.5. The number of aliphatic hydroxyl groups excluding tert-OH is 1. The molecule has 42 heavy (non-hydrogen) atoms. The predicted molar refractivity (Wildman–Crippen MR) is 163 cm³/mol. The van der Waals surface area contributed by atoms with Gasteiger partial charge in [0.25, 0.3) is 5.91 Å². The van der Waals surface area contributed by atoms with E-state index in [1.54, 1.807) is 9.80 Å². The lowest BCUT2D eigenvalue weighted by Crippen LogP contribution is -2.54. The maximum absolute atomic E-state index is 14.8. The second-order valence-electron chi connectivity index (χ2n) is 11.3. The number of likely N-dealkylation sites (tertiary alicyclic amines) is 1. The summed E-state index contributed by atoms with van der Waals surface area (Å²) in [5.41, 5.74) is 1.47. The molecule has 2 fully saturated rings. The molecule has 1 unspecified atom stereocenters. The largest absolute Gasteiger partial charge is 0.465 e. The van der Waals surface area contributed by atoms with Crippen molar-refractivity contribution in [3.8, 4) is 0 Å². The van der Waals surface area contributed by atoms with Gasteiger partial charge >= 0.3 is 5.97 Å². The van der Waals surface area contributed by atoms with Gasteiger partial charge < -0.3 is 19.6 Å². The zero-order valence-corrected chi connectivity index (χ0v) is 23.9. The predicted octanol–water partition coefficient (Wildman–Crippen LogP) is 4.67. The van der Waals surface area contributed by atoms with Crippen LogP contribution in [0.15, 0.2) is 97.1 Å². The molecule has 1 spiro atoms. The highest BCUT2D eigenvalue weighted by Gasteiger charge is 2.71. The van der Waals surface area contributed by atoms with Crippen LogP contribution in [0.1, 0.15) is 24.4 Å². The molecule has 3 aromatic carbocycles. The fourth-order valence-corrected chi connectivity index (χ4v) is 9.12. The fourth-order valence-electron chi connectivity index (χ4n) is 7.13. The first-order valence-corrected chi connectivity index (χ1v) is 15.4. The van der Waals surface area contributed by atoms with Gasteiger partial charge in [-0.1, -0.05) is 85.0 Å². The Balaban J connectivity index is 1.38. The molecule has 214 valence electrons. The van der Waals surface area contributed by atoms with E-state index in [0.29, 0.717) is 13.2 Å². The zero-order chi connectivity index (χ0) is 28.8. The maximum Gasteiger partial charge on any atom is 0.311 e. The first kappa shape index (κ1) is 27.0. The third kappa shape index (κ3) is 4.19. The third-order valence-electron chi connectivity index (χ3n) is 9.03. The van der Waals surface area contributed by atoms with Crippen molar-refractivity contribution in [1.82, 2.24) is 4.90 Å². The van der Waals surface area contributed by atoms with Gasteiger partial charge in [0.2, 0.25) is 5.91 Å². The number of benzene rings is 3. The van der Waals surface area contributed by atoms with Crippen molar-refractivity contribution in [3.05, 3.63) is 103 Å². The van der Waals surface area contributed by atoms with Crippen LogP contribution in [0.25, 0.3) is 10.8 Å². The Kier molecular flexibility index (Phi) is 6.91. The van der Waals surface area contributed by atoms with Crippen LogP contribution >= 0.6 is 11.8 Å². The fraction of sp³-hybridized carbons (Fsp3) is 0.324. The van der Waals surface area contributed by atoms with E-state index >= 15 is 0 Å². The van der Waals surface area contributed by atoms with Crippen LogP contribution in [-0.2, 0) is 19.1 Å². The van der Waals surface area contributed by atoms with Gasteiger partial charge in [-0.2, -0.15) is 0 Å². The summed E-state index contributed by atoms with van der Waals surface area (Å²) >= 11 is 1.51. The molecule has 2 amide bonds. The van der Waals surface area contributed by atoms with Crippen LogP contribution in [0.3, 0.4) is 0 Å². The number of hydrogen-bond donors (Lipinski definition) is 1. The first-order valence-electron chi connectivity index (χ1n) is 14.5. The highest BCUT2D eigenvalue weighted by atomic mass is 32.2. The van der Waals surface area contributed by atoms with E-state index < -0.39 is 34.6 Å². The summed E-state index contributed by atoms with van der Waals surface area (Å²) in [4.78, 5) is 46.3. The van der Waals surface area contributed by atoms with Crippen molar-refractivity contribution in [2.75, 3.05) is 24.7 Å². The molecule has 0 radical (unpaired) electrons. The number of aliphatic hydroxyl groups is 1. The molecule has 1 N–H and O–H groups in total. The zero-order valence-electron chi connectivity index (χ0n) is 23.0. The minimum Gasteiger partial charge on any atom is -0.465 e. The molecule has 7 rings (SSSR count). The summed E-state index contributed by atoms with van der Waals surface area (Å²) < 4.78 is 4.67. The molecule has 0 aromatic heterocycles. The lowest BCUT2D eigenvalue weighted by atomic mass is 9.78. The van der Waals surface area contributed by atoms with Crippen molar-refractivity contribution in [1.29, 1.82) is 0 Å². The molecule has 3 aromatic rings. The maximum atomic E-state index is 14.8. The Morgan fingerprint density at radius 1 is 0.952 bits per heavy atom. The number of cyclic esters (lactones) is 1. The van der Waals surface area contributed by atoms with Crippen molar-refractivity contribution >= 4 is 46.0 Å². The number of amides is 2. The van der Waals surface area contributed by atoms with Crippen LogP contribution in [-0.4, -0.2) is 63.6 Å². The first-order chi connectivity index (χ1) is 20.5. The van der Waals surface area contributed by atoms with Crippen molar-refractivity contribution in [2.24, 2.45) is 11.8 Å². The van der Waals surface area contributed by atoms with E-state index in [1.165, 1.54) is 11.8 Å². The SMILES string of the molecule is O=C1OCCC/C=C\[C@@H]2S[C@]34C=CCN(c5ccc6ccccc6c5)C(=O)C3N([C@H](CO)c3ccccc3)C(=O)[C@@H]4[C@H]12. The smallest absolute Gasteiger partial charge is 0.311 e. The van der Waals surface area contributed by atoms with Crippen LogP contribution in [0.4, 0.5) is 5.69 Å². The molecule has 4 aliphatic rings. The number of carbonyl (C=O) groups excluding carboxylic acids is 3. The second-order valence-corrected chi connectivity index (χ2v) is 12.8. The quantitative estimate of drug-likeness (QED) is 0.357. The molecule has 0 saturated carbocycles. The number of rotatable bonds is 4. The normalized spacial score (nSPS) is 30.5. The minimum atomic E-state index is -1.00. The highest BCUT2D eigenvalue weighted by molar-refractivity contribution is 8.02. The van der Waals surface area contributed by atoms with Gasteiger partial charge in [0.05, 0.1) is 35.8 Å². The van der Waals surface area contributed by atoms with Gasteiger partial charge in [-0.05, 0) is 41.3 Å². The number of nitrogens with zero attached hydrogens (tertiary/aromatic N) is 2. The third-order valence-corrected chi connectivity index (χ3v) is 10.8. The summed E-state index contributed by atoms with van der Waals surface area (Å²) in [5.74, 6) is -2.46. The lowest BCUT2D eigenvalue weighted by Gasteiger charge is -2.38. The summed E-state index contributed by atoms with van der Waals surface area (Å²) in [6.07, 6.45) is 9.54. The lowest BCUT2D eigenvalue weighted by molar-refractivity contribution is -0.153. The average molecular weight is 581 g/mol. The average Bonchev–Trinajstić information content (AvgIpc) is 3.43. The van der Waals surface area contributed by atoms with E-state index in [-0.39, 0.29) is 23.7 Å². The number of esters is 1. The van der Waals surface area contributed by atoms with Crippen LogP contribution < -0.4 is 4.90 Å². The van der Waals surface area contributed by atoms with Crippen molar-refractivity contribution in [3.63, 3.8) is 0 Å². The highest BCUT2D eigenvalue weighted by Crippen LogP contribution is 2.62. The van der Waals surface area contributed by atoms with E-state index in [1.807, 2.05) is 91.0 Å². The van der Waals surface area contributed by atoms with Gasteiger partial charge in [-0.3, -0.25) is 14.4 Å². The topological polar surface area (TPSA) is 87.2 Å². The molecular formula is C34H32N2O5S. The van der Waals surface area contributed by atoms with Crippen LogP contribution in [0.2, 0.25) is 0 Å². The minimum absolute atomic E-state index is 0.225. The molecule has 4 heterocycles. The number of thioether (sulfide) groups is 1. The molecule has 8 heteroatoms. The van der Waals surface area contributed by atoms with Crippen LogP contribution in [0.5, 0.6) is 0 Å². The Hall–Kier alpha value is -3.88. The Labute approximate surface area is 248 Å². The van der Waals surface area contributed by atoms with E-state index in [0.717, 1.165) is 34.9 Å². The monoisotopic (exact) mass is 580 g/mol. The van der Waals surface area contributed by atoms with Gasteiger partial charge in [0.15, 0.2) is 0 Å². The van der Waals surface area contributed by atoms with E-state index in [2.05, 4.69) is 6.08 Å². The second kappa shape index (κ2) is 10.7. The van der Waals surface area contributed by atoms with Gasteiger partial charge in [0, 0.05) is 17.5 Å². The Morgan fingerprint density at radius 2 is 1.74 bits per heavy atom. The molecular weight excluding hydrogens is 548 g/mol. The Morgan fingerprint density at radius 3 is 2.55 bits per heavy atom. The van der Waals surface area contributed by atoms with Crippen molar-refractivity contribution in [2.45, 2.75) is 34.9 Å². The summed E-state index contributed by atoms with van der Waals surface area (Å²) in [6, 6.07) is 21.6. The Bertz CT molecular complexity index is 1610. The summed E-state index contributed by atoms with van der Waals surface area (Å²) in [6.45, 7) is 0.270. The van der Waals surface area contributed by atoms with E-state index in [9.17, 15) is 19.5 Å². The number of allylic oxidation sites excluding steroid dienone is 1. The molecule has 2 saturated heterocycles. The van der Waals surface area contributed by atoms with E-state index in [4.69, 9.17) is 4.74 Å². The molecule has 0 aliphatic carbocycles. The van der Waals surface area contributed by atoms with Gasteiger partial charge in [0.1, 0.15) is 6.04 Å². The molecule has 7 nitrogen and oxygen atoms in total. The van der Waals surface area contributed by atoms with Crippen LogP contribution in [0, 0.1) is 11.8 Å². The standard InChI is InChI=1S/C34H32N2O5S/c37-21-26(23-11-3-1-4-12-23)36-30-32(39)35(25-16-15-22-10-6-7-13-24(22)20-25)18-9-17-34(30)29(31(36)38)28-27(42-34)14-5-2-8-19-41-33(28)40/h1,3-7,9-17,20,26-30,37H,2,8,18-19,21H2/b14-5-/t26-,27+,28-,29+,30?,34+/m1/s1. The number of fused-ring (bicyclic) bond motifs is 3. The van der Waals surface area contributed by atoms with Crippen molar-refractivity contribution < 1.29 is 24.2 Å². The number of anilines is 1. The molecule has 0 bridgehead atoms. The molecule has 6 atom stereocenters.